The summed E-state index contributed by atoms with van der Waals surface area (Å²) < 4.78 is 14.1. The minimum atomic E-state index is -0.154. The monoisotopic (exact) mass is 359 g/mol. The minimum absolute atomic E-state index is 0.133. The van der Waals surface area contributed by atoms with E-state index < -0.39 is 0 Å². The third-order valence-electron chi connectivity index (χ3n) is 5.14. The van der Waals surface area contributed by atoms with Crippen LogP contribution < -0.4 is 10.6 Å². The number of anilines is 1. The van der Waals surface area contributed by atoms with Crippen molar-refractivity contribution in [3.05, 3.63) is 47.2 Å². The number of thiazole rings is 1. The second-order valence-corrected chi connectivity index (χ2v) is 7.60. The van der Waals surface area contributed by atoms with Gasteiger partial charge in [0, 0.05) is 43.2 Å². The van der Waals surface area contributed by atoms with E-state index in [4.69, 9.17) is 5.73 Å². The van der Waals surface area contributed by atoms with Gasteiger partial charge in [0.2, 0.25) is 0 Å². The topological polar surface area (TPSA) is 57.8 Å². The number of nitrogens with two attached hydrogens (primary N) is 1. The Kier molecular flexibility index (Phi) is 4.33. The fraction of sp³-hybridized carbons (Fsp3) is 0.444. The zero-order chi connectivity index (χ0) is 17.3. The van der Waals surface area contributed by atoms with E-state index in [1.165, 1.54) is 6.07 Å². The molecule has 25 heavy (non-hydrogen) atoms. The van der Waals surface area contributed by atoms with Gasteiger partial charge in [-0.15, -0.1) is 11.3 Å². The van der Waals surface area contributed by atoms with E-state index in [2.05, 4.69) is 19.8 Å². The summed E-state index contributed by atoms with van der Waals surface area (Å²) >= 11 is 1.66. The molecule has 1 aliphatic carbocycles. The molecule has 0 radical (unpaired) electrons. The molecule has 7 heteroatoms. The molecule has 0 atom stereocenters. The summed E-state index contributed by atoms with van der Waals surface area (Å²) in [6.45, 7) is 4.01. The van der Waals surface area contributed by atoms with Gasteiger partial charge in [-0.3, -0.25) is 4.99 Å². The molecule has 2 aliphatic rings. The van der Waals surface area contributed by atoms with E-state index >= 15 is 0 Å². The summed E-state index contributed by atoms with van der Waals surface area (Å²) in [5.74, 6) is 0.437. The Balaban J connectivity index is 1.37. The summed E-state index contributed by atoms with van der Waals surface area (Å²) in [5, 5.41) is 3.06. The molecule has 1 aliphatic heterocycles. The number of aliphatic imine (C=N–C) groups is 1. The van der Waals surface area contributed by atoms with Gasteiger partial charge in [-0.05, 0) is 24.5 Å². The first-order chi connectivity index (χ1) is 12.2. The Morgan fingerprint density at radius 1 is 1.24 bits per heavy atom. The first-order valence-electron chi connectivity index (χ1n) is 8.62. The number of benzene rings is 1. The van der Waals surface area contributed by atoms with Crippen molar-refractivity contribution in [2.45, 2.75) is 18.3 Å². The number of guanidine groups is 1. The zero-order valence-corrected chi connectivity index (χ0v) is 14.9. The maximum absolute atomic E-state index is 14.1. The maximum Gasteiger partial charge on any atom is 0.191 e. The molecule has 1 aromatic carbocycles. The zero-order valence-electron chi connectivity index (χ0n) is 14.1. The quantitative estimate of drug-likeness (QED) is 0.673. The Morgan fingerprint density at radius 2 is 2.00 bits per heavy atom. The van der Waals surface area contributed by atoms with Gasteiger partial charge in [-0.1, -0.05) is 18.2 Å². The van der Waals surface area contributed by atoms with E-state index in [1.54, 1.807) is 17.4 Å². The number of aromatic nitrogens is 1. The van der Waals surface area contributed by atoms with Crippen molar-refractivity contribution in [3.8, 4) is 0 Å². The molecule has 2 heterocycles. The van der Waals surface area contributed by atoms with Crippen molar-refractivity contribution in [2.75, 3.05) is 37.6 Å². The highest BCUT2D eigenvalue weighted by Gasteiger charge is 2.45. The molecular formula is C18H22FN5S. The lowest BCUT2D eigenvalue weighted by atomic mass is 9.95. The van der Waals surface area contributed by atoms with Gasteiger partial charge >= 0.3 is 0 Å². The van der Waals surface area contributed by atoms with Crippen LogP contribution in [0.4, 0.5) is 9.52 Å². The molecule has 2 fully saturated rings. The molecular weight excluding hydrogens is 337 g/mol. The molecule has 0 spiro atoms. The predicted octanol–water partition coefficient (Wildman–Crippen LogP) is 2.45. The normalized spacial score (nSPS) is 20.0. The third-order valence-corrected chi connectivity index (χ3v) is 5.97. The van der Waals surface area contributed by atoms with E-state index in [-0.39, 0.29) is 11.2 Å². The average molecular weight is 359 g/mol. The molecule has 1 saturated carbocycles. The second-order valence-electron chi connectivity index (χ2n) is 6.72. The number of halogens is 1. The smallest absolute Gasteiger partial charge is 0.191 e. The fourth-order valence-corrected chi connectivity index (χ4v) is 4.08. The first kappa shape index (κ1) is 16.3. The van der Waals surface area contributed by atoms with Crippen LogP contribution in [0.25, 0.3) is 0 Å². The van der Waals surface area contributed by atoms with Gasteiger partial charge in [0.15, 0.2) is 11.1 Å². The number of nitrogens with zero attached hydrogens (tertiary/aromatic N) is 4. The Labute approximate surface area is 151 Å². The predicted molar refractivity (Wildman–Crippen MR) is 99.7 cm³/mol. The summed E-state index contributed by atoms with van der Waals surface area (Å²) in [6.07, 6.45) is 3.78. The number of rotatable bonds is 4. The van der Waals surface area contributed by atoms with E-state index in [9.17, 15) is 4.39 Å². The van der Waals surface area contributed by atoms with Gasteiger partial charge in [0.1, 0.15) is 5.82 Å². The van der Waals surface area contributed by atoms with Crippen molar-refractivity contribution in [1.29, 1.82) is 0 Å². The van der Waals surface area contributed by atoms with Crippen LogP contribution in [0.15, 0.2) is 40.8 Å². The molecule has 1 saturated heterocycles. The largest absolute Gasteiger partial charge is 0.370 e. The van der Waals surface area contributed by atoms with E-state index in [0.29, 0.717) is 12.5 Å². The molecule has 0 amide bonds. The van der Waals surface area contributed by atoms with Crippen molar-refractivity contribution in [3.63, 3.8) is 0 Å². The summed E-state index contributed by atoms with van der Waals surface area (Å²) in [7, 11) is 0. The molecule has 2 N–H and O–H groups in total. The van der Waals surface area contributed by atoms with Crippen LogP contribution in [0, 0.1) is 5.82 Å². The second kappa shape index (κ2) is 6.63. The number of piperazine rings is 1. The lowest BCUT2D eigenvalue weighted by molar-refractivity contribution is 0.380. The van der Waals surface area contributed by atoms with Gasteiger partial charge < -0.3 is 15.5 Å². The van der Waals surface area contributed by atoms with E-state index in [0.717, 1.165) is 49.7 Å². The molecule has 0 bridgehead atoms. The first-order valence-corrected chi connectivity index (χ1v) is 9.50. The van der Waals surface area contributed by atoms with Crippen LogP contribution in [0.2, 0.25) is 0 Å². The van der Waals surface area contributed by atoms with Crippen molar-refractivity contribution < 1.29 is 4.39 Å². The molecule has 0 unspecified atom stereocenters. The Morgan fingerprint density at radius 3 is 2.64 bits per heavy atom. The van der Waals surface area contributed by atoms with Crippen LogP contribution in [-0.2, 0) is 5.41 Å². The van der Waals surface area contributed by atoms with Gasteiger partial charge in [0.05, 0.1) is 6.54 Å². The van der Waals surface area contributed by atoms with Crippen molar-refractivity contribution in [2.24, 2.45) is 10.7 Å². The van der Waals surface area contributed by atoms with Gasteiger partial charge in [-0.2, -0.15) is 0 Å². The highest BCUT2D eigenvalue weighted by atomic mass is 32.1. The number of hydrogen-bond acceptors (Lipinski definition) is 4. The highest BCUT2D eigenvalue weighted by molar-refractivity contribution is 7.13. The average Bonchev–Trinajstić information content (AvgIpc) is 3.22. The maximum atomic E-state index is 14.1. The highest BCUT2D eigenvalue weighted by Crippen LogP contribution is 2.49. The molecule has 4 rings (SSSR count). The Bertz CT molecular complexity index is 749. The molecule has 1 aromatic heterocycles. The van der Waals surface area contributed by atoms with Crippen molar-refractivity contribution in [1.82, 2.24) is 9.88 Å². The summed E-state index contributed by atoms with van der Waals surface area (Å²) in [6, 6.07) is 7.03. The van der Waals surface area contributed by atoms with Gasteiger partial charge in [-0.25, -0.2) is 9.37 Å². The van der Waals surface area contributed by atoms with Crippen LogP contribution in [0.1, 0.15) is 18.4 Å². The lowest BCUT2D eigenvalue weighted by Gasteiger charge is -2.35. The lowest BCUT2D eigenvalue weighted by Crippen LogP contribution is -2.51. The van der Waals surface area contributed by atoms with Crippen molar-refractivity contribution >= 4 is 22.4 Å². The van der Waals surface area contributed by atoms with E-state index in [1.807, 2.05) is 23.7 Å². The minimum Gasteiger partial charge on any atom is -0.370 e. The van der Waals surface area contributed by atoms with Crippen LogP contribution in [0.3, 0.4) is 0 Å². The molecule has 5 nitrogen and oxygen atoms in total. The van der Waals surface area contributed by atoms with Crippen LogP contribution >= 0.6 is 11.3 Å². The fourth-order valence-electron chi connectivity index (χ4n) is 3.39. The van der Waals surface area contributed by atoms with Crippen LogP contribution in [0.5, 0.6) is 0 Å². The van der Waals surface area contributed by atoms with Crippen LogP contribution in [-0.4, -0.2) is 48.6 Å². The third kappa shape index (κ3) is 3.33. The van der Waals surface area contributed by atoms with Gasteiger partial charge in [0.25, 0.3) is 0 Å². The summed E-state index contributed by atoms with van der Waals surface area (Å²) in [5.41, 5.74) is 6.84. The molecule has 2 aromatic rings. The molecule has 132 valence electrons. The Hall–Kier alpha value is -2.15. The standard InChI is InChI=1S/C18H22FN5S/c19-15-4-2-1-3-14(15)18(5-6-18)13-22-16(20)23-8-10-24(11-9-23)17-21-7-12-25-17/h1-4,7,12H,5-6,8-11,13H2,(H2,20,22). The number of hydrogen-bond donors (Lipinski definition) is 1. The SMILES string of the molecule is NC(=NCC1(c2ccccc2F)CC1)N1CCN(c2nccs2)CC1. The summed E-state index contributed by atoms with van der Waals surface area (Å²) in [4.78, 5) is 13.4.